The number of phenolic OH excluding ortho intramolecular Hbond substituents is 1. The van der Waals surface area contributed by atoms with Crippen molar-refractivity contribution in [2.75, 3.05) is 58.1 Å². The van der Waals surface area contributed by atoms with Gasteiger partial charge in [0.1, 0.15) is 29.0 Å². The summed E-state index contributed by atoms with van der Waals surface area (Å²) in [6, 6.07) is 17.2. The number of aromatic nitrogens is 1. The minimum absolute atomic E-state index is 0.0282. The summed E-state index contributed by atoms with van der Waals surface area (Å²) in [5, 5.41) is 32.9. The average Bonchev–Trinajstić information content (AvgIpc) is 3.62. The van der Waals surface area contributed by atoms with E-state index in [1.807, 2.05) is 0 Å². The first-order valence-electron chi connectivity index (χ1n) is 18.5. The topological polar surface area (TPSA) is 146 Å². The summed E-state index contributed by atoms with van der Waals surface area (Å²) in [5.41, 5.74) is 6.00. The first kappa shape index (κ1) is 36.2. The minimum atomic E-state index is -0.658. The van der Waals surface area contributed by atoms with Crippen molar-refractivity contribution in [3.8, 4) is 51.7 Å². The van der Waals surface area contributed by atoms with Crippen LogP contribution in [0.15, 0.2) is 54.6 Å². The lowest BCUT2D eigenvalue weighted by Crippen LogP contribution is -2.50. The Kier molecular flexibility index (Phi) is 11.1. The van der Waals surface area contributed by atoms with Crippen molar-refractivity contribution >= 4 is 11.6 Å². The number of aromatic hydroxyl groups is 1. The van der Waals surface area contributed by atoms with E-state index in [4.69, 9.17) is 18.9 Å². The molecule has 0 saturated carbocycles. The predicted molar refractivity (Wildman–Crippen MR) is 202 cm³/mol. The first-order valence-corrected chi connectivity index (χ1v) is 18.5. The Bertz CT molecular complexity index is 2000. The van der Waals surface area contributed by atoms with E-state index < -0.39 is 12.0 Å². The van der Waals surface area contributed by atoms with Crippen LogP contribution in [-0.2, 0) is 12.8 Å². The van der Waals surface area contributed by atoms with Gasteiger partial charge >= 0.3 is 0 Å². The molecule has 53 heavy (non-hydrogen) atoms. The van der Waals surface area contributed by atoms with Gasteiger partial charge in [0.25, 0.3) is 0 Å². The van der Waals surface area contributed by atoms with E-state index in [9.17, 15) is 20.1 Å². The third-order valence-corrected chi connectivity index (χ3v) is 10.0. The molecular weight excluding hydrogens is 674 g/mol. The Morgan fingerprint density at radius 1 is 0.962 bits per heavy atom. The van der Waals surface area contributed by atoms with Crippen LogP contribution in [0.5, 0.6) is 28.7 Å². The van der Waals surface area contributed by atoms with Crippen LogP contribution in [0, 0.1) is 11.8 Å². The molecule has 4 aromatic rings. The molecule has 3 unspecified atom stereocenters. The van der Waals surface area contributed by atoms with Gasteiger partial charge in [0, 0.05) is 56.9 Å². The molecule has 4 bridgehead atoms. The summed E-state index contributed by atoms with van der Waals surface area (Å²) in [6.07, 6.45) is 1.42. The molecule has 278 valence electrons. The molecule has 1 aromatic heterocycles. The molecule has 0 radical (unpaired) electrons. The van der Waals surface area contributed by atoms with Crippen molar-refractivity contribution in [3.05, 3.63) is 82.5 Å². The fraction of sp³-hybridized carbons (Fsp3) is 0.405. The Labute approximate surface area is 309 Å². The molecule has 7 rings (SSSR count). The molecule has 11 heteroatoms. The zero-order chi connectivity index (χ0) is 36.9. The van der Waals surface area contributed by atoms with Crippen LogP contribution in [-0.4, -0.2) is 85.3 Å². The molecule has 1 saturated heterocycles. The van der Waals surface area contributed by atoms with E-state index in [2.05, 4.69) is 64.3 Å². The number of nitrogens with zero attached hydrogens (tertiary/aromatic N) is 1. The van der Waals surface area contributed by atoms with Gasteiger partial charge in [0.15, 0.2) is 17.3 Å². The van der Waals surface area contributed by atoms with Crippen molar-refractivity contribution < 1.29 is 39.1 Å². The summed E-state index contributed by atoms with van der Waals surface area (Å²) in [7, 11) is 1.51. The van der Waals surface area contributed by atoms with Crippen molar-refractivity contribution in [2.24, 2.45) is 0 Å². The average molecular weight is 722 g/mol. The molecule has 0 amide bonds. The van der Waals surface area contributed by atoms with E-state index >= 15 is 0 Å². The minimum Gasteiger partial charge on any atom is -0.508 e. The highest BCUT2D eigenvalue weighted by molar-refractivity contribution is 6.05. The Balaban J connectivity index is 1.45. The number of benzene rings is 3. The summed E-state index contributed by atoms with van der Waals surface area (Å²) in [6.45, 7) is 4.53. The number of H-pyrrole nitrogens is 1. The molecular formula is C42H47N3O8. The lowest BCUT2D eigenvalue weighted by atomic mass is 9.85. The lowest BCUT2D eigenvalue weighted by molar-refractivity contribution is 0.0836. The number of aryl methyl sites for hydroxylation is 1. The van der Waals surface area contributed by atoms with Gasteiger partial charge in [-0.05, 0) is 47.7 Å². The fourth-order valence-corrected chi connectivity index (χ4v) is 7.38. The number of hydrogen-bond acceptors (Lipinski definition) is 10. The third kappa shape index (κ3) is 7.53. The summed E-state index contributed by atoms with van der Waals surface area (Å²) in [4.78, 5) is 20.4. The van der Waals surface area contributed by atoms with Crippen LogP contribution < -0.4 is 29.2 Å². The number of aliphatic hydroxyl groups is 2. The Morgan fingerprint density at radius 2 is 1.74 bits per heavy atom. The predicted octanol–water partition coefficient (Wildman–Crippen LogP) is 5.31. The molecule has 1 fully saturated rings. The normalized spacial score (nSPS) is 19.1. The first-order chi connectivity index (χ1) is 25.9. The molecule has 3 atom stereocenters. The molecule has 3 aliphatic rings. The maximum atomic E-state index is 14.4. The second-order valence-electron chi connectivity index (χ2n) is 13.6. The van der Waals surface area contributed by atoms with Gasteiger partial charge in [-0.15, -0.1) is 0 Å². The van der Waals surface area contributed by atoms with Gasteiger partial charge in [-0.1, -0.05) is 55.2 Å². The molecule has 4 heterocycles. The van der Waals surface area contributed by atoms with Crippen LogP contribution in [0.1, 0.15) is 71.0 Å². The number of piperazine rings is 1. The number of carbonyl (C=O) groups is 1. The van der Waals surface area contributed by atoms with Crippen molar-refractivity contribution in [2.45, 2.75) is 57.1 Å². The molecule has 3 aliphatic heterocycles. The number of hydrogen-bond donors (Lipinski definition) is 5. The highest BCUT2D eigenvalue weighted by atomic mass is 16.5. The summed E-state index contributed by atoms with van der Waals surface area (Å²) < 4.78 is 25.6. The maximum absolute atomic E-state index is 14.4. The number of ether oxygens (including phenoxy) is 4. The largest absolute Gasteiger partial charge is 0.508 e. The van der Waals surface area contributed by atoms with Gasteiger partial charge in [-0.3, -0.25) is 4.79 Å². The van der Waals surface area contributed by atoms with E-state index in [0.717, 1.165) is 47.6 Å². The third-order valence-electron chi connectivity index (χ3n) is 10.0. The van der Waals surface area contributed by atoms with Crippen molar-refractivity contribution in [1.82, 2.24) is 10.3 Å². The van der Waals surface area contributed by atoms with E-state index in [1.54, 1.807) is 24.3 Å². The van der Waals surface area contributed by atoms with Crippen LogP contribution >= 0.6 is 0 Å². The smallest absolute Gasteiger partial charge is 0.204 e. The summed E-state index contributed by atoms with van der Waals surface area (Å²) >= 11 is 0. The number of nitrogens with one attached hydrogen (secondary N) is 2. The van der Waals surface area contributed by atoms with Gasteiger partial charge < -0.3 is 49.5 Å². The van der Waals surface area contributed by atoms with Crippen LogP contribution in [0.3, 0.4) is 0 Å². The van der Waals surface area contributed by atoms with Crippen molar-refractivity contribution in [1.29, 1.82) is 0 Å². The summed E-state index contributed by atoms with van der Waals surface area (Å²) in [5.74, 6) is 8.71. The number of fused-ring (bicyclic) bond motifs is 8. The van der Waals surface area contributed by atoms with E-state index in [1.165, 1.54) is 12.8 Å². The quantitative estimate of drug-likeness (QED) is 0.0965. The van der Waals surface area contributed by atoms with Crippen molar-refractivity contribution in [3.63, 3.8) is 0 Å². The number of rotatable bonds is 12. The molecule has 0 aliphatic carbocycles. The number of ketones is 1. The number of aromatic amines is 1. The standard InChI is InChI=1S/C42H47N3O8/c1-3-30-23-33-28-8-4-7-26(21-28)22-29(9-12-31-25-45(16-15-43-31)42(33)44-30)36-38-37(34(49)24-35(53-38)27-10-13-32(48)14-11-27)40(52-20-6-18-47)41(50-2)39(36)51-19-5-17-46/h4,7-8,10-11,13-14,21,23,29,31,35,43-44,46-48H,3,5-6,15-20,22,24-25H2,1-2H3. The molecule has 11 nitrogen and oxygen atoms in total. The van der Waals surface area contributed by atoms with Gasteiger partial charge in [-0.2, -0.15) is 0 Å². The van der Waals surface area contributed by atoms with Gasteiger partial charge in [0.05, 0.1) is 44.3 Å². The van der Waals surface area contributed by atoms with E-state index in [-0.39, 0.29) is 67.5 Å². The Hall–Kier alpha value is -5.15. The molecule has 0 spiro atoms. The molecule has 5 N–H and O–H groups in total. The zero-order valence-electron chi connectivity index (χ0n) is 30.2. The highest BCUT2D eigenvalue weighted by Gasteiger charge is 2.40. The van der Waals surface area contributed by atoms with Crippen LogP contribution in [0.25, 0.3) is 11.1 Å². The number of carbonyl (C=O) groups excluding carboxylic acids is 1. The maximum Gasteiger partial charge on any atom is 0.204 e. The van der Waals surface area contributed by atoms with Crippen LogP contribution in [0.2, 0.25) is 0 Å². The Morgan fingerprint density at radius 3 is 2.47 bits per heavy atom. The number of Topliss-reactive ketones (excluding diaryl/α,β-unsaturated/α-hetero) is 1. The van der Waals surface area contributed by atoms with E-state index in [0.29, 0.717) is 42.9 Å². The molecule has 3 aromatic carbocycles. The van der Waals surface area contributed by atoms with Gasteiger partial charge in [-0.25, -0.2) is 0 Å². The van der Waals surface area contributed by atoms with Gasteiger partial charge in [0.2, 0.25) is 5.75 Å². The number of phenols is 1. The SMILES string of the molecule is CCc1cc2c([nH]1)N1CCNC(C#CC(c3c(OCCCO)c(OC)c(OCCCO)c4c3OC(c3ccc(O)cc3)CC4=O)Cc3cccc-2c3)C1. The lowest BCUT2D eigenvalue weighted by Gasteiger charge is -2.34. The fourth-order valence-electron chi connectivity index (χ4n) is 7.38. The number of anilines is 1. The second kappa shape index (κ2) is 16.3. The highest BCUT2D eigenvalue weighted by Crippen LogP contribution is 2.55. The monoisotopic (exact) mass is 721 g/mol. The zero-order valence-corrected chi connectivity index (χ0v) is 30.2. The van der Waals surface area contributed by atoms with Crippen LogP contribution in [0.4, 0.5) is 5.82 Å². The number of methoxy groups -OCH3 is 1. The second-order valence-corrected chi connectivity index (χ2v) is 13.6. The number of aliphatic hydroxyl groups excluding tert-OH is 2.